The molecule has 4 nitrogen and oxygen atoms in total. The van der Waals surface area contributed by atoms with Crippen molar-refractivity contribution in [1.29, 1.82) is 0 Å². The summed E-state index contributed by atoms with van der Waals surface area (Å²) in [4.78, 5) is 27.1. The fourth-order valence-corrected chi connectivity index (χ4v) is 3.18. The second kappa shape index (κ2) is 6.13. The topological polar surface area (TPSA) is 59.1 Å². The highest BCUT2D eigenvalue weighted by molar-refractivity contribution is 7.14. The van der Waals surface area contributed by atoms with Crippen molar-refractivity contribution in [2.24, 2.45) is 11.8 Å². The van der Waals surface area contributed by atoms with Crippen LogP contribution >= 0.6 is 11.3 Å². The van der Waals surface area contributed by atoms with Gasteiger partial charge < -0.3 is 5.32 Å². The van der Waals surface area contributed by atoms with Crippen LogP contribution in [0.2, 0.25) is 0 Å². The van der Waals surface area contributed by atoms with Crippen molar-refractivity contribution in [1.82, 2.24) is 4.98 Å². The Morgan fingerprint density at radius 2 is 2.10 bits per heavy atom. The monoisotopic (exact) mass is 320 g/mol. The molecule has 1 aromatic rings. The van der Waals surface area contributed by atoms with E-state index >= 15 is 0 Å². The number of hydrogen-bond acceptors (Lipinski definition) is 4. The average molecular weight is 320 g/mol. The minimum absolute atomic E-state index is 0.0824. The number of halogens is 3. The maximum Gasteiger partial charge on any atom is 0.391 e. The largest absolute Gasteiger partial charge is 0.391 e. The molecule has 1 amide bonds. The molecule has 2 rings (SSSR count). The van der Waals surface area contributed by atoms with Crippen LogP contribution in [-0.2, 0) is 4.79 Å². The molecule has 1 fully saturated rings. The molecule has 0 unspecified atom stereocenters. The number of nitrogens with zero attached hydrogens (tertiary/aromatic N) is 1. The maximum atomic E-state index is 12.7. The first-order valence-corrected chi connectivity index (χ1v) is 7.49. The molecule has 0 radical (unpaired) electrons. The van der Waals surface area contributed by atoms with Crippen LogP contribution in [0.4, 0.5) is 18.3 Å². The molecule has 1 aliphatic rings. The molecular formula is C13H15F3N2O2S. The van der Waals surface area contributed by atoms with Crippen LogP contribution < -0.4 is 5.32 Å². The van der Waals surface area contributed by atoms with Crippen molar-refractivity contribution < 1.29 is 22.8 Å². The third-order valence-electron chi connectivity index (χ3n) is 3.60. The van der Waals surface area contributed by atoms with E-state index in [1.54, 1.807) is 0 Å². The van der Waals surface area contributed by atoms with E-state index in [9.17, 15) is 22.8 Å². The number of anilines is 1. The number of thiazole rings is 1. The molecule has 0 aromatic carbocycles. The van der Waals surface area contributed by atoms with Gasteiger partial charge in [-0.1, -0.05) is 6.42 Å². The maximum absolute atomic E-state index is 12.7. The molecule has 21 heavy (non-hydrogen) atoms. The molecule has 8 heteroatoms. The first-order chi connectivity index (χ1) is 9.77. The highest BCUT2D eigenvalue weighted by Crippen LogP contribution is 2.40. The average Bonchev–Trinajstić information content (AvgIpc) is 2.86. The van der Waals surface area contributed by atoms with Crippen LogP contribution in [0.1, 0.15) is 43.1 Å². The molecule has 0 aliphatic heterocycles. The Balaban J connectivity index is 1.97. The number of carbonyl (C=O) groups is 2. The number of alkyl halides is 3. The van der Waals surface area contributed by atoms with Crippen molar-refractivity contribution in [3.63, 3.8) is 0 Å². The predicted octanol–water partition coefficient (Wildman–Crippen LogP) is 3.65. The second-order valence-corrected chi connectivity index (χ2v) is 6.04. The minimum Gasteiger partial charge on any atom is -0.302 e. The zero-order valence-electron chi connectivity index (χ0n) is 11.4. The lowest BCUT2D eigenvalue weighted by atomic mass is 9.80. The van der Waals surface area contributed by atoms with E-state index in [1.165, 1.54) is 12.3 Å². The second-order valence-electron chi connectivity index (χ2n) is 5.19. The van der Waals surface area contributed by atoms with Gasteiger partial charge in [0.1, 0.15) is 5.69 Å². The Morgan fingerprint density at radius 3 is 2.67 bits per heavy atom. The lowest BCUT2D eigenvalue weighted by Crippen LogP contribution is -2.34. The quantitative estimate of drug-likeness (QED) is 0.865. The van der Waals surface area contributed by atoms with Gasteiger partial charge in [0, 0.05) is 18.2 Å². The molecule has 1 aromatic heterocycles. The van der Waals surface area contributed by atoms with E-state index in [0.717, 1.165) is 11.3 Å². The first-order valence-electron chi connectivity index (χ1n) is 6.61. The first kappa shape index (κ1) is 15.9. The SMILES string of the molecule is CC(=O)c1csc(NC(=O)[C@H]2CCC[C@H](C(F)(F)F)C2)n1. The summed E-state index contributed by atoms with van der Waals surface area (Å²) in [7, 11) is 0. The van der Waals surface area contributed by atoms with Gasteiger partial charge in [0.2, 0.25) is 5.91 Å². The van der Waals surface area contributed by atoms with Gasteiger partial charge in [-0.3, -0.25) is 9.59 Å². The lowest BCUT2D eigenvalue weighted by Gasteiger charge is -2.29. The van der Waals surface area contributed by atoms with E-state index in [-0.39, 0.29) is 29.5 Å². The van der Waals surface area contributed by atoms with Gasteiger partial charge in [-0.25, -0.2) is 4.98 Å². The summed E-state index contributed by atoms with van der Waals surface area (Å²) in [6, 6.07) is 0. The molecule has 0 saturated heterocycles. The summed E-state index contributed by atoms with van der Waals surface area (Å²) in [5, 5.41) is 4.27. The van der Waals surface area contributed by atoms with Gasteiger partial charge in [-0.15, -0.1) is 11.3 Å². The Kier molecular flexibility index (Phi) is 4.65. The van der Waals surface area contributed by atoms with Gasteiger partial charge in [0.25, 0.3) is 0 Å². The number of aromatic nitrogens is 1. The summed E-state index contributed by atoms with van der Waals surface area (Å²) in [6.07, 6.45) is -3.51. The number of hydrogen-bond donors (Lipinski definition) is 1. The van der Waals surface area contributed by atoms with E-state index in [1.807, 2.05) is 0 Å². The molecule has 2 atom stereocenters. The van der Waals surface area contributed by atoms with Crippen molar-refractivity contribution >= 4 is 28.2 Å². The van der Waals surface area contributed by atoms with Crippen LogP contribution in [0, 0.1) is 11.8 Å². The van der Waals surface area contributed by atoms with E-state index < -0.39 is 23.9 Å². The molecular weight excluding hydrogens is 305 g/mol. The van der Waals surface area contributed by atoms with E-state index in [0.29, 0.717) is 12.8 Å². The molecule has 116 valence electrons. The van der Waals surface area contributed by atoms with Crippen LogP contribution in [0.15, 0.2) is 5.38 Å². The Hall–Kier alpha value is -1.44. The van der Waals surface area contributed by atoms with Crippen LogP contribution in [0.3, 0.4) is 0 Å². The molecule has 1 N–H and O–H groups in total. The predicted molar refractivity (Wildman–Crippen MR) is 72.3 cm³/mol. The lowest BCUT2D eigenvalue weighted by molar-refractivity contribution is -0.185. The minimum atomic E-state index is -4.25. The Labute approximate surface area is 123 Å². The van der Waals surface area contributed by atoms with Crippen molar-refractivity contribution in [2.75, 3.05) is 5.32 Å². The van der Waals surface area contributed by atoms with Gasteiger partial charge in [-0.05, 0) is 19.3 Å². The highest BCUT2D eigenvalue weighted by Gasteiger charge is 2.43. The van der Waals surface area contributed by atoms with Crippen molar-refractivity contribution in [3.05, 3.63) is 11.1 Å². The number of carbonyl (C=O) groups excluding carboxylic acids is 2. The van der Waals surface area contributed by atoms with Gasteiger partial charge >= 0.3 is 6.18 Å². The number of Topliss-reactive ketones (excluding diaryl/α,β-unsaturated/α-hetero) is 1. The third-order valence-corrected chi connectivity index (χ3v) is 4.36. The molecule has 1 heterocycles. The van der Waals surface area contributed by atoms with Crippen LogP contribution in [-0.4, -0.2) is 22.9 Å². The molecule has 0 bridgehead atoms. The summed E-state index contributed by atoms with van der Waals surface area (Å²) in [5.41, 5.74) is 0.243. The Morgan fingerprint density at radius 1 is 1.38 bits per heavy atom. The zero-order valence-corrected chi connectivity index (χ0v) is 12.2. The summed E-state index contributed by atoms with van der Waals surface area (Å²) in [6.45, 7) is 1.36. The van der Waals surface area contributed by atoms with Crippen LogP contribution in [0.5, 0.6) is 0 Å². The zero-order chi connectivity index (χ0) is 15.6. The van der Waals surface area contributed by atoms with Crippen molar-refractivity contribution in [2.45, 2.75) is 38.8 Å². The number of amides is 1. The summed E-state index contributed by atoms with van der Waals surface area (Å²) < 4.78 is 38.2. The van der Waals surface area contributed by atoms with Gasteiger partial charge in [0.15, 0.2) is 10.9 Å². The smallest absolute Gasteiger partial charge is 0.302 e. The van der Waals surface area contributed by atoms with Gasteiger partial charge in [-0.2, -0.15) is 13.2 Å². The van der Waals surface area contributed by atoms with E-state index in [4.69, 9.17) is 0 Å². The van der Waals surface area contributed by atoms with Gasteiger partial charge in [0.05, 0.1) is 5.92 Å². The molecule has 0 spiro atoms. The fraction of sp³-hybridized carbons (Fsp3) is 0.615. The van der Waals surface area contributed by atoms with Crippen LogP contribution in [0.25, 0.3) is 0 Å². The van der Waals surface area contributed by atoms with Crippen molar-refractivity contribution in [3.8, 4) is 0 Å². The number of rotatable bonds is 3. The summed E-state index contributed by atoms with van der Waals surface area (Å²) in [5.74, 6) is -2.74. The molecule has 1 aliphatic carbocycles. The highest BCUT2D eigenvalue weighted by atomic mass is 32.1. The molecule has 1 saturated carbocycles. The normalized spacial score (nSPS) is 22.9. The summed E-state index contributed by atoms with van der Waals surface area (Å²) >= 11 is 1.09. The standard InChI is InChI=1S/C13H15F3N2O2S/c1-7(19)10-6-21-12(17-10)18-11(20)8-3-2-4-9(5-8)13(14,15)16/h6,8-9H,2-5H2,1H3,(H,17,18,20)/t8-,9-/m0/s1. The third kappa shape index (κ3) is 4.03. The Bertz CT molecular complexity index is 542. The number of ketones is 1. The fourth-order valence-electron chi connectivity index (χ4n) is 2.43. The number of nitrogens with one attached hydrogen (secondary N) is 1. The van der Waals surface area contributed by atoms with E-state index in [2.05, 4.69) is 10.3 Å².